The minimum Gasteiger partial charge on any atom is -0.508 e. The van der Waals surface area contributed by atoms with Crippen LogP contribution in [0.4, 0.5) is 0 Å². The first-order chi connectivity index (χ1) is 61.7. The summed E-state index contributed by atoms with van der Waals surface area (Å²) in [5.74, 6) is -23.3. The topological polar surface area (TPSA) is 759 Å². The molecule has 724 valence electrons. The Kier molecular flexibility index (Phi) is 48.8. The summed E-state index contributed by atoms with van der Waals surface area (Å²) in [5.41, 5.74) is 17.9. The third-order valence-corrected chi connectivity index (χ3v) is 20.4. The second kappa shape index (κ2) is 57.3. The average molecular weight is 1840 g/mol. The van der Waals surface area contributed by atoms with E-state index in [1.54, 1.807) is 102 Å². The molecule has 0 aliphatic heterocycles. The number of aliphatic carboxylic acids is 3. The molecule has 0 fully saturated rings. The lowest BCUT2D eigenvalue weighted by Gasteiger charge is -2.30. The molecule has 15 amide bonds. The van der Waals surface area contributed by atoms with Crippen LogP contribution in [-0.2, 0) is 106 Å². The number of aromatic hydroxyl groups is 1. The van der Waals surface area contributed by atoms with Gasteiger partial charge >= 0.3 is 17.9 Å². The zero-order valence-electron chi connectivity index (χ0n) is 75.0. The van der Waals surface area contributed by atoms with Gasteiger partial charge < -0.3 is 138 Å². The molecule has 0 spiro atoms. The third-order valence-electron chi connectivity index (χ3n) is 20.4. The fourth-order valence-corrected chi connectivity index (χ4v) is 12.9. The van der Waals surface area contributed by atoms with Crippen LogP contribution in [0.5, 0.6) is 5.75 Å². The molecule has 0 saturated heterocycles. The zero-order valence-corrected chi connectivity index (χ0v) is 75.0. The van der Waals surface area contributed by atoms with Crippen LogP contribution < -0.4 is 108 Å². The number of rotatable bonds is 59. The van der Waals surface area contributed by atoms with Crippen molar-refractivity contribution in [2.24, 2.45) is 40.9 Å². The standard InChI is InChI=1S/C85H130N22O24/c1-11-46(8)68(82(129)99-54(24-18-32-91-84(87)88)72(119)93-40-64(111)96-62(83(130)131)38-51-26-28-52(110)29-27-51)107-79(126)60(37-50-22-16-13-17-23-50)102-80(127)63(42-109)105-76(123)58(35-44(4)5)104-81(128)67(45(6)7)106-74(121)55(25-19-33-92-85(89)90)97-75(122)57(34-43(2)3)101-78(125)61(39-66(114)115)103-73(120)56(30-31-65(112)113)98-77(124)59(36-49-20-14-12-15-21-49)100-70(117)48(10)94-69(116)47(9)95-71(118)53(86)41-108/h12-17,20-23,26-29,43-48,53-63,67-68,108-110H,11,18-19,24-25,30-42,86H2,1-10H3,(H,93,119)(H,94,116)(H,95,118)(H,96,111)(H,97,122)(H,98,124)(H,99,129)(H,100,117)(H,101,125)(H,102,127)(H,103,120)(H,104,128)(H,105,123)(H,106,121)(H,107,126)(H,112,113)(H,114,115)(H,130,131)(H4,87,88,91)(H4,89,90,92). The van der Waals surface area contributed by atoms with E-state index in [-0.39, 0.29) is 83.0 Å². The summed E-state index contributed by atoms with van der Waals surface area (Å²) < 4.78 is 0. The number of hydrogen-bond donors (Lipinski definition) is 28. The smallest absolute Gasteiger partial charge is 0.326 e. The van der Waals surface area contributed by atoms with Gasteiger partial charge in [-0.2, -0.15) is 0 Å². The Bertz CT molecular complexity index is 4380. The summed E-state index contributed by atoms with van der Waals surface area (Å²) in [5, 5.41) is 117. The zero-order chi connectivity index (χ0) is 98.5. The highest BCUT2D eigenvalue weighted by molar-refractivity contribution is 6.01. The SMILES string of the molecule is CCC(C)C(NC(=O)C(Cc1ccccc1)NC(=O)C(CO)NC(=O)C(CC(C)C)NC(=O)C(NC(=O)C(CCCNC(=N)N)NC(=O)C(CC(C)C)NC(=O)C(CC(=O)O)NC(=O)C(CCC(=O)O)NC(=O)C(Cc1ccccc1)NC(=O)C(C)NC(=O)C(C)NC(=O)C(N)CO)C(C)C)C(=O)NC(CCCNC(=N)N)C(=O)NCC(=O)NC(Cc1ccc(O)cc1)C(=O)O. The van der Waals surface area contributed by atoms with Crippen LogP contribution >= 0.6 is 0 Å². The van der Waals surface area contributed by atoms with Gasteiger partial charge in [0, 0.05) is 38.8 Å². The molecular weight excluding hydrogens is 1710 g/mol. The maximum Gasteiger partial charge on any atom is 0.326 e. The molecule has 46 heteroatoms. The lowest BCUT2D eigenvalue weighted by Crippen LogP contribution is -2.62. The predicted octanol–water partition coefficient (Wildman–Crippen LogP) is -5.58. The van der Waals surface area contributed by atoms with E-state index in [2.05, 4.69) is 90.4 Å². The van der Waals surface area contributed by atoms with Crippen LogP contribution in [0.1, 0.15) is 150 Å². The van der Waals surface area contributed by atoms with Gasteiger partial charge in [0.15, 0.2) is 11.9 Å². The first-order valence-electron chi connectivity index (χ1n) is 42.8. The summed E-state index contributed by atoms with van der Waals surface area (Å²) in [4.78, 5) is 248. The van der Waals surface area contributed by atoms with E-state index in [1.807, 2.05) is 0 Å². The van der Waals surface area contributed by atoms with Gasteiger partial charge in [-0.05, 0) is 111 Å². The van der Waals surface area contributed by atoms with Crippen molar-refractivity contribution in [2.75, 3.05) is 32.8 Å². The van der Waals surface area contributed by atoms with Crippen molar-refractivity contribution < 1.29 is 117 Å². The number of nitrogens with two attached hydrogens (primary N) is 3. The number of benzene rings is 3. The highest BCUT2D eigenvalue weighted by Gasteiger charge is 2.40. The molecule has 46 nitrogen and oxygen atoms in total. The first kappa shape index (κ1) is 112. The van der Waals surface area contributed by atoms with E-state index in [0.717, 1.165) is 0 Å². The van der Waals surface area contributed by atoms with Gasteiger partial charge in [-0.15, -0.1) is 0 Å². The molecule has 16 unspecified atom stereocenters. The second-order valence-electron chi connectivity index (χ2n) is 32.8. The number of guanidine groups is 2. The molecule has 3 aromatic carbocycles. The van der Waals surface area contributed by atoms with Crippen molar-refractivity contribution in [1.29, 1.82) is 10.8 Å². The summed E-state index contributed by atoms with van der Waals surface area (Å²) in [6, 6.07) is -1.90. The van der Waals surface area contributed by atoms with Gasteiger partial charge in [-0.25, -0.2) is 4.79 Å². The molecule has 0 aromatic heterocycles. The lowest BCUT2D eigenvalue weighted by molar-refractivity contribution is -0.142. The number of carboxylic acids is 3. The van der Waals surface area contributed by atoms with Crippen LogP contribution in [0, 0.1) is 34.5 Å². The molecule has 131 heavy (non-hydrogen) atoms. The van der Waals surface area contributed by atoms with Gasteiger partial charge in [-0.1, -0.05) is 135 Å². The molecule has 0 heterocycles. The third kappa shape index (κ3) is 42.0. The summed E-state index contributed by atoms with van der Waals surface area (Å²) in [6.07, 6.45) is -3.86. The normalized spacial score (nSPS) is 14.7. The van der Waals surface area contributed by atoms with E-state index >= 15 is 0 Å². The van der Waals surface area contributed by atoms with Crippen molar-refractivity contribution >= 4 is 118 Å². The molecular formula is C85H130N22O24. The number of carbonyl (C=O) groups excluding carboxylic acids is 15. The van der Waals surface area contributed by atoms with E-state index in [0.29, 0.717) is 16.7 Å². The Morgan fingerprint density at radius 1 is 0.366 bits per heavy atom. The van der Waals surface area contributed by atoms with Crippen LogP contribution in [-0.4, -0.2) is 273 Å². The molecule has 0 saturated carbocycles. The minimum absolute atomic E-state index is 0.0138. The Balaban J connectivity index is 1.94. The highest BCUT2D eigenvalue weighted by atomic mass is 16.4. The van der Waals surface area contributed by atoms with E-state index in [1.165, 1.54) is 52.0 Å². The quantitative estimate of drug-likeness (QED) is 0.0142. The van der Waals surface area contributed by atoms with Crippen LogP contribution in [0.25, 0.3) is 0 Å². The number of nitrogens with one attached hydrogen (secondary N) is 19. The number of amides is 15. The average Bonchev–Trinajstić information content (AvgIpc) is 0.905. The van der Waals surface area contributed by atoms with E-state index < -0.39 is 272 Å². The first-order valence-corrected chi connectivity index (χ1v) is 42.8. The van der Waals surface area contributed by atoms with Crippen molar-refractivity contribution in [1.82, 2.24) is 90.4 Å². The largest absolute Gasteiger partial charge is 0.508 e. The molecule has 0 aliphatic carbocycles. The Morgan fingerprint density at radius 3 is 1.19 bits per heavy atom. The van der Waals surface area contributed by atoms with Crippen molar-refractivity contribution in [3.63, 3.8) is 0 Å². The molecule has 3 rings (SSSR count). The van der Waals surface area contributed by atoms with E-state index in [9.17, 15) is 117 Å². The number of hydrogen-bond acceptors (Lipinski definition) is 24. The Morgan fingerprint density at radius 2 is 0.733 bits per heavy atom. The number of carbonyl (C=O) groups is 18. The number of carboxylic acid groups (broad SMARTS) is 3. The van der Waals surface area contributed by atoms with Gasteiger partial charge in [0.25, 0.3) is 0 Å². The fourth-order valence-electron chi connectivity index (χ4n) is 12.9. The van der Waals surface area contributed by atoms with Gasteiger partial charge in [0.2, 0.25) is 88.6 Å². The molecule has 0 radical (unpaired) electrons. The second-order valence-corrected chi connectivity index (χ2v) is 32.8. The molecule has 0 aliphatic rings. The van der Waals surface area contributed by atoms with Gasteiger partial charge in [0.05, 0.1) is 26.2 Å². The number of phenols is 1. The predicted molar refractivity (Wildman–Crippen MR) is 474 cm³/mol. The summed E-state index contributed by atoms with van der Waals surface area (Å²) in [6.45, 7) is 12.9. The van der Waals surface area contributed by atoms with Crippen LogP contribution in [0.15, 0.2) is 84.9 Å². The Labute approximate surface area is 757 Å². The maximum atomic E-state index is 14.7. The van der Waals surface area contributed by atoms with Crippen molar-refractivity contribution in [3.8, 4) is 5.75 Å². The monoisotopic (exact) mass is 1840 g/mol. The van der Waals surface area contributed by atoms with E-state index in [4.69, 9.17) is 28.0 Å². The van der Waals surface area contributed by atoms with Gasteiger partial charge in [-0.3, -0.25) is 92.3 Å². The fraction of sp³-hybridized carbons (Fsp3) is 0.553. The van der Waals surface area contributed by atoms with Crippen molar-refractivity contribution in [2.45, 2.75) is 243 Å². The van der Waals surface area contributed by atoms with Crippen molar-refractivity contribution in [3.05, 3.63) is 102 Å². The summed E-state index contributed by atoms with van der Waals surface area (Å²) >= 11 is 0. The molecule has 0 bridgehead atoms. The summed E-state index contributed by atoms with van der Waals surface area (Å²) in [7, 11) is 0. The lowest BCUT2D eigenvalue weighted by atomic mass is 9.96. The highest BCUT2D eigenvalue weighted by Crippen LogP contribution is 2.18. The Hall–Kier alpha value is -13.7. The van der Waals surface area contributed by atoms with Gasteiger partial charge in [0.1, 0.15) is 96.4 Å². The maximum absolute atomic E-state index is 14.7. The van der Waals surface area contributed by atoms with Crippen LogP contribution in [0.2, 0.25) is 0 Å². The number of aliphatic hydroxyl groups excluding tert-OH is 2. The molecule has 3 aromatic rings. The minimum atomic E-state index is -2.09. The molecule has 16 atom stereocenters. The number of phenolic OH excluding ortho intramolecular Hbond substituents is 1. The molecule has 31 N–H and O–H groups in total. The number of aliphatic hydroxyl groups is 2. The van der Waals surface area contributed by atoms with Crippen LogP contribution in [0.3, 0.4) is 0 Å².